The molecule has 1 amide bonds. The average Bonchev–Trinajstić information content (AvgIpc) is 2.56. The number of amides is 1. The van der Waals surface area contributed by atoms with Crippen LogP contribution in [0.25, 0.3) is 0 Å². The lowest BCUT2D eigenvalue weighted by Gasteiger charge is -2.20. The van der Waals surface area contributed by atoms with E-state index in [1.165, 1.54) is 22.2 Å². The average molecular weight is 317 g/mol. The monoisotopic (exact) mass is 317 g/mol. The standard InChI is InChI=1S/C17H23N3O3/c1-14-4-2-3-5-15(14)6-7-19-13-16(12-18)17(23)20(8-10-21)9-11-22/h2-5,13,19,21-22H,6-11H2,1H3/b16-13-. The lowest BCUT2D eigenvalue weighted by atomic mass is 10.1. The van der Waals surface area contributed by atoms with Gasteiger partial charge in [0, 0.05) is 25.8 Å². The molecular formula is C17H23N3O3. The van der Waals surface area contributed by atoms with Gasteiger partial charge in [0.15, 0.2) is 0 Å². The molecule has 3 N–H and O–H groups in total. The van der Waals surface area contributed by atoms with E-state index < -0.39 is 5.91 Å². The number of hydrogen-bond donors (Lipinski definition) is 3. The summed E-state index contributed by atoms with van der Waals surface area (Å²) in [6.45, 7) is 2.37. The Morgan fingerprint density at radius 3 is 2.52 bits per heavy atom. The Morgan fingerprint density at radius 2 is 1.96 bits per heavy atom. The Labute approximate surface area is 136 Å². The van der Waals surface area contributed by atoms with Crippen molar-refractivity contribution in [2.24, 2.45) is 0 Å². The summed E-state index contributed by atoms with van der Waals surface area (Å²) in [5, 5.41) is 30.0. The second kappa shape index (κ2) is 10.4. The van der Waals surface area contributed by atoms with Crippen LogP contribution in [0.1, 0.15) is 11.1 Å². The van der Waals surface area contributed by atoms with Gasteiger partial charge in [-0.15, -0.1) is 0 Å². The van der Waals surface area contributed by atoms with Crippen LogP contribution in [-0.4, -0.2) is 53.9 Å². The van der Waals surface area contributed by atoms with Gasteiger partial charge in [0.2, 0.25) is 0 Å². The number of benzene rings is 1. The Bertz CT molecular complexity index is 573. The highest BCUT2D eigenvalue weighted by Crippen LogP contribution is 2.07. The fourth-order valence-electron chi connectivity index (χ4n) is 2.14. The minimum Gasteiger partial charge on any atom is -0.395 e. The Hall–Kier alpha value is -2.36. The van der Waals surface area contributed by atoms with Crippen LogP contribution in [0, 0.1) is 18.3 Å². The highest BCUT2D eigenvalue weighted by atomic mass is 16.3. The van der Waals surface area contributed by atoms with Crippen LogP contribution in [0.4, 0.5) is 0 Å². The van der Waals surface area contributed by atoms with Gasteiger partial charge in [-0.2, -0.15) is 5.26 Å². The molecule has 0 aromatic heterocycles. The molecule has 0 fully saturated rings. The molecule has 1 rings (SSSR count). The van der Waals surface area contributed by atoms with Crippen molar-refractivity contribution in [3.05, 3.63) is 47.2 Å². The molecule has 0 saturated heterocycles. The summed E-state index contributed by atoms with van der Waals surface area (Å²) in [5.74, 6) is -0.501. The number of nitrogens with one attached hydrogen (secondary N) is 1. The number of rotatable bonds is 9. The maximum atomic E-state index is 12.1. The predicted molar refractivity (Wildman–Crippen MR) is 87.3 cm³/mol. The van der Waals surface area contributed by atoms with Crippen LogP contribution in [0.2, 0.25) is 0 Å². The molecule has 1 aromatic rings. The summed E-state index contributed by atoms with van der Waals surface area (Å²) >= 11 is 0. The second-order valence-electron chi connectivity index (χ2n) is 5.04. The summed E-state index contributed by atoms with van der Waals surface area (Å²) in [7, 11) is 0. The quantitative estimate of drug-likeness (QED) is 0.347. The van der Waals surface area contributed by atoms with Crippen molar-refractivity contribution >= 4 is 5.91 Å². The molecule has 0 bridgehead atoms. The zero-order chi connectivity index (χ0) is 17.1. The molecule has 124 valence electrons. The largest absolute Gasteiger partial charge is 0.395 e. The first-order valence-corrected chi connectivity index (χ1v) is 7.53. The fraction of sp³-hybridized carbons (Fsp3) is 0.412. The lowest BCUT2D eigenvalue weighted by Crippen LogP contribution is -2.37. The number of aryl methyl sites for hydroxylation is 1. The summed E-state index contributed by atoms with van der Waals surface area (Å²) < 4.78 is 0. The minimum atomic E-state index is -0.501. The van der Waals surface area contributed by atoms with E-state index in [0.29, 0.717) is 6.54 Å². The fourth-order valence-corrected chi connectivity index (χ4v) is 2.14. The van der Waals surface area contributed by atoms with Crippen LogP contribution in [0.15, 0.2) is 36.0 Å². The first kappa shape index (κ1) is 18.7. The van der Waals surface area contributed by atoms with Gasteiger partial charge in [0.25, 0.3) is 5.91 Å². The number of nitrogens with zero attached hydrogens (tertiary/aromatic N) is 2. The molecular weight excluding hydrogens is 294 g/mol. The van der Waals surface area contributed by atoms with E-state index >= 15 is 0 Å². The van der Waals surface area contributed by atoms with Crippen LogP contribution in [0.3, 0.4) is 0 Å². The van der Waals surface area contributed by atoms with Crippen molar-refractivity contribution in [3.8, 4) is 6.07 Å². The number of hydrogen-bond acceptors (Lipinski definition) is 5. The number of nitriles is 1. The van der Waals surface area contributed by atoms with Crippen molar-refractivity contribution in [2.75, 3.05) is 32.8 Å². The summed E-state index contributed by atoms with van der Waals surface area (Å²) in [4.78, 5) is 13.4. The van der Waals surface area contributed by atoms with Gasteiger partial charge in [0.1, 0.15) is 11.6 Å². The van der Waals surface area contributed by atoms with E-state index in [-0.39, 0.29) is 31.9 Å². The first-order valence-electron chi connectivity index (χ1n) is 7.53. The second-order valence-corrected chi connectivity index (χ2v) is 5.04. The smallest absolute Gasteiger partial charge is 0.266 e. The Kier molecular flexibility index (Phi) is 8.43. The number of carbonyl (C=O) groups is 1. The molecule has 6 nitrogen and oxygen atoms in total. The highest BCUT2D eigenvalue weighted by molar-refractivity contribution is 5.97. The Morgan fingerprint density at radius 1 is 1.30 bits per heavy atom. The molecule has 0 atom stereocenters. The van der Waals surface area contributed by atoms with Crippen LogP contribution in [-0.2, 0) is 11.2 Å². The maximum Gasteiger partial charge on any atom is 0.266 e. The molecule has 0 spiro atoms. The molecule has 6 heteroatoms. The zero-order valence-corrected chi connectivity index (χ0v) is 13.3. The SMILES string of the molecule is Cc1ccccc1CCN/C=C(/C#N)C(=O)N(CCO)CCO. The zero-order valence-electron chi connectivity index (χ0n) is 13.3. The van der Waals surface area contributed by atoms with E-state index in [4.69, 9.17) is 15.5 Å². The summed E-state index contributed by atoms with van der Waals surface area (Å²) in [5.41, 5.74) is 2.36. The van der Waals surface area contributed by atoms with Gasteiger partial charge in [-0.3, -0.25) is 4.79 Å². The minimum absolute atomic E-state index is 0.0447. The van der Waals surface area contributed by atoms with Gasteiger partial charge in [-0.05, 0) is 24.5 Å². The van der Waals surface area contributed by atoms with Crippen molar-refractivity contribution in [2.45, 2.75) is 13.3 Å². The summed E-state index contributed by atoms with van der Waals surface area (Å²) in [6, 6.07) is 9.89. The lowest BCUT2D eigenvalue weighted by molar-refractivity contribution is -0.127. The van der Waals surface area contributed by atoms with Crippen LogP contribution in [0.5, 0.6) is 0 Å². The third kappa shape index (κ3) is 6.10. The van der Waals surface area contributed by atoms with Crippen molar-refractivity contribution in [1.29, 1.82) is 5.26 Å². The first-order chi connectivity index (χ1) is 11.1. The number of aliphatic hydroxyl groups excluding tert-OH is 2. The van der Waals surface area contributed by atoms with E-state index in [1.807, 2.05) is 37.3 Å². The van der Waals surface area contributed by atoms with Gasteiger partial charge < -0.3 is 20.4 Å². The van der Waals surface area contributed by atoms with Gasteiger partial charge >= 0.3 is 0 Å². The van der Waals surface area contributed by atoms with Crippen molar-refractivity contribution < 1.29 is 15.0 Å². The normalized spacial score (nSPS) is 11.0. The molecule has 0 unspecified atom stereocenters. The third-order valence-electron chi connectivity index (χ3n) is 3.42. The molecule has 0 aliphatic rings. The van der Waals surface area contributed by atoms with E-state index in [2.05, 4.69) is 5.32 Å². The van der Waals surface area contributed by atoms with E-state index in [0.717, 1.165) is 6.42 Å². The van der Waals surface area contributed by atoms with Crippen LogP contribution < -0.4 is 5.32 Å². The molecule has 0 radical (unpaired) electrons. The Balaban J connectivity index is 2.59. The van der Waals surface area contributed by atoms with E-state index in [1.54, 1.807) is 0 Å². The molecule has 0 heterocycles. The molecule has 0 aliphatic heterocycles. The van der Waals surface area contributed by atoms with Gasteiger partial charge in [-0.1, -0.05) is 24.3 Å². The molecule has 0 saturated carbocycles. The third-order valence-corrected chi connectivity index (χ3v) is 3.42. The maximum absolute atomic E-state index is 12.1. The number of aliphatic hydroxyl groups is 2. The molecule has 23 heavy (non-hydrogen) atoms. The molecule has 1 aromatic carbocycles. The van der Waals surface area contributed by atoms with Crippen LogP contribution >= 0.6 is 0 Å². The van der Waals surface area contributed by atoms with Gasteiger partial charge in [-0.25, -0.2) is 0 Å². The predicted octanol–water partition coefficient (Wildman–Crippen LogP) is 0.348. The topological polar surface area (TPSA) is 96.6 Å². The van der Waals surface area contributed by atoms with Gasteiger partial charge in [0.05, 0.1) is 13.2 Å². The highest BCUT2D eigenvalue weighted by Gasteiger charge is 2.17. The number of carbonyl (C=O) groups excluding carboxylic acids is 1. The van der Waals surface area contributed by atoms with Crippen molar-refractivity contribution in [3.63, 3.8) is 0 Å². The van der Waals surface area contributed by atoms with Crippen molar-refractivity contribution in [1.82, 2.24) is 10.2 Å². The molecule has 0 aliphatic carbocycles. The van der Waals surface area contributed by atoms with E-state index in [9.17, 15) is 4.79 Å². The summed E-state index contributed by atoms with van der Waals surface area (Å²) in [6.07, 6.45) is 2.18.